The van der Waals surface area contributed by atoms with E-state index in [2.05, 4.69) is 26.3 Å². The van der Waals surface area contributed by atoms with E-state index in [1.54, 1.807) is 10.9 Å². The summed E-state index contributed by atoms with van der Waals surface area (Å²) in [6.07, 6.45) is 4.28. The second-order valence-corrected chi connectivity index (χ2v) is 6.61. The average molecular weight is 405 g/mol. The van der Waals surface area contributed by atoms with Gasteiger partial charge in [-0.05, 0) is 30.7 Å². The molecule has 1 aromatic carbocycles. The molecule has 25 heavy (non-hydrogen) atoms. The fraction of sp³-hybridized carbons (Fsp3) is 0.294. The number of carbonyl (C=O) groups is 3. The lowest BCUT2D eigenvalue weighted by Gasteiger charge is -2.13. The molecule has 2 heterocycles. The Kier molecular flexibility index (Phi) is 5.28. The molecular formula is C17H17BrN4O3. The second-order valence-electron chi connectivity index (χ2n) is 5.70. The van der Waals surface area contributed by atoms with E-state index in [0.717, 1.165) is 10.2 Å². The first-order valence-corrected chi connectivity index (χ1v) is 8.76. The van der Waals surface area contributed by atoms with Crippen LogP contribution in [0.15, 0.2) is 41.1 Å². The lowest BCUT2D eigenvalue weighted by Crippen LogP contribution is -2.33. The van der Waals surface area contributed by atoms with Crippen molar-refractivity contribution >= 4 is 33.7 Å². The Morgan fingerprint density at radius 1 is 1.16 bits per heavy atom. The molecular weight excluding hydrogens is 388 g/mol. The second kappa shape index (κ2) is 7.60. The summed E-state index contributed by atoms with van der Waals surface area (Å²) >= 11 is 3.37. The molecule has 0 bridgehead atoms. The van der Waals surface area contributed by atoms with Crippen LogP contribution in [0.2, 0.25) is 0 Å². The van der Waals surface area contributed by atoms with E-state index in [9.17, 15) is 14.4 Å². The molecule has 1 aromatic heterocycles. The molecule has 3 rings (SSSR count). The van der Waals surface area contributed by atoms with Crippen LogP contribution in [0.1, 0.15) is 29.6 Å². The minimum Gasteiger partial charge on any atom is -0.352 e. The number of halogens is 1. The normalized spacial score (nSPS) is 14.2. The Hall–Kier alpha value is -2.48. The van der Waals surface area contributed by atoms with Gasteiger partial charge in [0.25, 0.3) is 5.91 Å². The Morgan fingerprint density at radius 2 is 1.84 bits per heavy atom. The van der Waals surface area contributed by atoms with Gasteiger partial charge in [0.2, 0.25) is 11.8 Å². The van der Waals surface area contributed by atoms with Gasteiger partial charge in [-0.25, -0.2) is 4.68 Å². The van der Waals surface area contributed by atoms with Crippen LogP contribution in [0.5, 0.6) is 0 Å². The standard InChI is InChI=1S/C17H17BrN4O3/c18-13-2-4-14(5-3-13)22-11-12(10-20-22)17(25)19-8-1-9-21-15(23)6-7-16(21)24/h2-5,10-11H,1,6-9H2,(H,19,25). The first-order valence-electron chi connectivity index (χ1n) is 7.96. The number of amides is 3. The molecule has 0 unspecified atom stereocenters. The van der Waals surface area contributed by atoms with Crippen LogP contribution >= 0.6 is 15.9 Å². The largest absolute Gasteiger partial charge is 0.352 e. The van der Waals surface area contributed by atoms with Crippen molar-refractivity contribution in [3.8, 4) is 5.69 Å². The molecule has 1 fully saturated rings. The highest BCUT2D eigenvalue weighted by Crippen LogP contribution is 2.14. The van der Waals surface area contributed by atoms with Crippen molar-refractivity contribution < 1.29 is 14.4 Å². The highest BCUT2D eigenvalue weighted by atomic mass is 79.9. The average Bonchev–Trinajstić information content (AvgIpc) is 3.21. The minimum atomic E-state index is -0.234. The summed E-state index contributed by atoms with van der Waals surface area (Å²) in [6, 6.07) is 7.58. The van der Waals surface area contributed by atoms with Crippen molar-refractivity contribution in [2.75, 3.05) is 13.1 Å². The Labute approximate surface area is 153 Å². The molecule has 8 heteroatoms. The number of imide groups is 1. The van der Waals surface area contributed by atoms with Gasteiger partial charge in [0, 0.05) is 36.6 Å². The Morgan fingerprint density at radius 3 is 2.52 bits per heavy atom. The Bertz CT molecular complexity index is 784. The molecule has 0 atom stereocenters. The first kappa shape index (κ1) is 17.3. The maximum atomic E-state index is 12.1. The van der Waals surface area contributed by atoms with Crippen LogP contribution in [-0.2, 0) is 9.59 Å². The molecule has 0 spiro atoms. The molecule has 0 radical (unpaired) electrons. The van der Waals surface area contributed by atoms with Crippen LogP contribution in [-0.4, -0.2) is 45.5 Å². The van der Waals surface area contributed by atoms with Crippen LogP contribution < -0.4 is 5.32 Å². The molecule has 1 saturated heterocycles. The smallest absolute Gasteiger partial charge is 0.254 e. The van der Waals surface area contributed by atoms with E-state index in [4.69, 9.17) is 0 Å². The molecule has 130 valence electrons. The van der Waals surface area contributed by atoms with Gasteiger partial charge in [0.1, 0.15) is 0 Å². The third kappa shape index (κ3) is 4.14. The first-order chi connectivity index (χ1) is 12.0. The number of hydrogen-bond acceptors (Lipinski definition) is 4. The highest BCUT2D eigenvalue weighted by molar-refractivity contribution is 9.10. The molecule has 1 aliphatic heterocycles. The highest BCUT2D eigenvalue weighted by Gasteiger charge is 2.27. The molecule has 7 nitrogen and oxygen atoms in total. The van der Waals surface area contributed by atoms with Crippen LogP contribution in [0.25, 0.3) is 5.69 Å². The van der Waals surface area contributed by atoms with Gasteiger partial charge in [-0.3, -0.25) is 19.3 Å². The molecule has 3 amide bonds. The van der Waals surface area contributed by atoms with Crippen molar-refractivity contribution in [2.24, 2.45) is 0 Å². The van der Waals surface area contributed by atoms with E-state index in [1.807, 2.05) is 24.3 Å². The summed E-state index contributed by atoms with van der Waals surface area (Å²) < 4.78 is 2.60. The van der Waals surface area contributed by atoms with Gasteiger partial charge < -0.3 is 5.32 Å². The van der Waals surface area contributed by atoms with Gasteiger partial charge in [-0.2, -0.15) is 5.10 Å². The van der Waals surface area contributed by atoms with Gasteiger partial charge in [0.15, 0.2) is 0 Å². The summed E-state index contributed by atoms with van der Waals surface area (Å²) in [5, 5.41) is 6.97. The Balaban J connectivity index is 1.49. The van der Waals surface area contributed by atoms with E-state index in [-0.39, 0.29) is 17.7 Å². The molecule has 0 saturated carbocycles. The van der Waals surface area contributed by atoms with Crippen molar-refractivity contribution in [2.45, 2.75) is 19.3 Å². The van der Waals surface area contributed by atoms with E-state index >= 15 is 0 Å². The van der Waals surface area contributed by atoms with E-state index in [1.165, 1.54) is 11.1 Å². The van der Waals surface area contributed by atoms with E-state index in [0.29, 0.717) is 37.9 Å². The number of hydrogen-bond donors (Lipinski definition) is 1. The van der Waals surface area contributed by atoms with Crippen molar-refractivity contribution in [1.82, 2.24) is 20.0 Å². The molecule has 0 aliphatic carbocycles. The predicted octanol–water partition coefficient (Wildman–Crippen LogP) is 1.90. The number of nitrogens with zero attached hydrogens (tertiary/aromatic N) is 3. The number of rotatable bonds is 6. The topological polar surface area (TPSA) is 84.3 Å². The monoisotopic (exact) mass is 404 g/mol. The van der Waals surface area contributed by atoms with Gasteiger partial charge in [-0.15, -0.1) is 0 Å². The number of likely N-dealkylation sites (tertiary alicyclic amines) is 1. The summed E-state index contributed by atoms with van der Waals surface area (Å²) in [4.78, 5) is 36.4. The maximum Gasteiger partial charge on any atom is 0.254 e. The zero-order valence-electron chi connectivity index (χ0n) is 13.4. The SMILES string of the molecule is O=C(NCCCN1C(=O)CCC1=O)c1cnn(-c2ccc(Br)cc2)c1. The number of benzene rings is 1. The minimum absolute atomic E-state index is 0.132. The van der Waals surface area contributed by atoms with Crippen molar-refractivity contribution in [3.05, 3.63) is 46.7 Å². The molecule has 1 aliphatic rings. The van der Waals surface area contributed by atoms with Crippen LogP contribution in [0.3, 0.4) is 0 Å². The van der Waals surface area contributed by atoms with Gasteiger partial charge in [-0.1, -0.05) is 15.9 Å². The zero-order chi connectivity index (χ0) is 17.8. The zero-order valence-corrected chi connectivity index (χ0v) is 15.0. The predicted molar refractivity (Wildman–Crippen MR) is 94.2 cm³/mol. The quantitative estimate of drug-likeness (QED) is 0.588. The lowest BCUT2D eigenvalue weighted by molar-refractivity contribution is -0.138. The third-order valence-electron chi connectivity index (χ3n) is 3.93. The molecule has 2 aromatic rings. The summed E-state index contributed by atoms with van der Waals surface area (Å²) in [5.41, 5.74) is 1.31. The maximum absolute atomic E-state index is 12.1. The van der Waals surface area contributed by atoms with Crippen LogP contribution in [0, 0.1) is 0 Å². The van der Waals surface area contributed by atoms with Crippen LogP contribution in [0.4, 0.5) is 0 Å². The van der Waals surface area contributed by atoms with Crippen molar-refractivity contribution in [1.29, 1.82) is 0 Å². The third-order valence-corrected chi connectivity index (χ3v) is 4.46. The summed E-state index contributed by atoms with van der Waals surface area (Å²) in [7, 11) is 0. The summed E-state index contributed by atoms with van der Waals surface area (Å²) in [5.74, 6) is -0.498. The van der Waals surface area contributed by atoms with Gasteiger partial charge >= 0.3 is 0 Å². The number of nitrogens with one attached hydrogen (secondary N) is 1. The summed E-state index contributed by atoms with van der Waals surface area (Å²) in [6.45, 7) is 0.732. The fourth-order valence-electron chi connectivity index (χ4n) is 2.59. The number of carbonyl (C=O) groups excluding carboxylic acids is 3. The fourth-order valence-corrected chi connectivity index (χ4v) is 2.85. The lowest BCUT2D eigenvalue weighted by atomic mass is 10.3. The van der Waals surface area contributed by atoms with Crippen molar-refractivity contribution in [3.63, 3.8) is 0 Å². The number of aromatic nitrogens is 2. The molecule has 1 N–H and O–H groups in total. The van der Waals surface area contributed by atoms with Gasteiger partial charge in [0.05, 0.1) is 17.4 Å². The van der Waals surface area contributed by atoms with E-state index < -0.39 is 0 Å².